The Morgan fingerprint density at radius 2 is 2.57 bits per heavy atom. The summed E-state index contributed by atoms with van der Waals surface area (Å²) >= 11 is 5.92. The first-order chi connectivity index (χ1) is 6.77. The molecule has 0 spiro atoms. The lowest BCUT2D eigenvalue weighted by atomic mass is 10.2. The zero-order valence-corrected chi connectivity index (χ0v) is 8.12. The van der Waals surface area contributed by atoms with E-state index in [1.165, 1.54) is 6.20 Å². The van der Waals surface area contributed by atoms with Crippen LogP contribution in [0, 0.1) is 0 Å². The van der Waals surface area contributed by atoms with E-state index in [1.54, 1.807) is 6.07 Å². The monoisotopic (exact) mass is 215 g/mol. The van der Waals surface area contributed by atoms with E-state index in [4.69, 9.17) is 16.3 Å². The number of hydrogen-bond acceptors (Lipinski definition) is 3. The number of carbonyl (C=O) groups is 1. The molecule has 2 heterocycles. The van der Waals surface area contributed by atoms with E-state index in [2.05, 4.69) is 15.5 Å². The molecule has 1 saturated heterocycles. The van der Waals surface area contributed by atoms with Crippen LogP contribution in [0.1, 0.15) is 10.5 Å². The number of ether oxygens (including phenoxy) is 1. The average Bonchev–Trinajstić information content (AvgIpc) is 2.77. The van der Waals surface area contributed by atoms with Gasteiger partial charge in [0.25, 0.3) is 5.91 Å². The highest BCUT2D eigenvalue weighted by Gasteiger charge is 2.28. The third-order valence-electron chi connectivity index (χ3n) is 2.07. The average molecular weight is 216 g/mol. The van der Waals surface area contributed by atoms with E-state index >= 15 is 0 Å². The maximum atomic E-state index is 11.5. The molecule has 5 nitrogen and oxygen atoms in total. The van der Waals surface area contributed by atoms with Crippen molar-refractivity contribution in [3.05, 3.63) is 18.0 Å². The molecule has 1 aliphatic heterocycles. The number of amides is 1. The molecule has 2 unspecified atom stereocenters. The van der Waals surface area contributed by atoms with Crippen molar-refractivity contribution in [1.82, 2.24) is 15.5 Å². The number of carbonyl (C=O) groups excluding carboxylic acids is 1. The van der Waals surface area contributed by atoms with Crippen LogP contribution in [-0.4, -0.2) is 40.7 Å². The van der Waals surface area contributed by atoms with Crippen LogP contribution in [0.25, 0.3) is 0 Å². The minimum Gasteiger partial charge on any atom is -0.378 e. The Labute approximate surface area is 85.8 Å². The summed E-state index contributed by atoms with van der Waals surface area (Å²) in [6.07, 6.45) is 1.53. The van der Waals surface area contributed by atoms with Crippen LogP contribution in [0.5, 0.6) is 0 Å². The fourth-order valence-corrected chi connectivity index (χ4v) is 1.51. The number of aromatic amines is 1. The van der Waals surface area contributed by atoms with Crippen LogP contribution in [0.15, 0.2) is 12.3 Å². The zero-order valence-electron chi connectivity index (χ0n) is 7.37. The molecule has 1 amide bonds. The highest BCUT2D eigenvalue weighted by Crippen LogP contribution is 2.12. The van der Waals surface area contributed by atoms with E-state index in [9.17, 15) is 4.79 Å². The van der Waals surface area contributed by atoms with Gasteiger partial charge in [-0.05, 0) is 6.07 Å². The Morgan fingerprint density at radius 3 is 3.14 bits per heavy atom. The Morgan fingerprint density at radius 1 is 1.71 bits per heavy atom. The van der Waals surface area contributed by atoms with Gasteiger partial charge in [0.1, 0.15) is 5.69 Å². The fraction of sp³-hybridized carbons (Fsp3) is 0.500. The van der Waals surface area contributed by atoms with Gasteiger partial charge in [-0.2, -0.15) is 5.10 Å². The molecule has 76 valence electrons. The zero-order chi connectivity index (χ0) is 9.97. The van der Waals surface area contributed by atoms with Gasteiger partial charge in [0.2, 0.25) is 0 Å². The first-order valence-electron chi connectivity index (χ1n) is 4.29. The van der Waals surface area contributed by atoms with Gasteiger partial charge in [0, 0.05) is 6.20 Å². The van der Waals surface area contributed by atoms with Crippen molar-refractivity contribution in [1.29, 1.82) is 0 Å². The highest BCUT2D eigenvalue weighted by molar-refractivity contribution is 6.21. The molecule has 0 aromatic carbocycles. The number of aromatic nitrogens is 2. The van der Waals surface area contributed by atoms with Gasteiger partial charge < -0.3 is 10.1 Å². The van der Waals surface area contributed by atoms with Gasteiger partial charge in [-0.15, -0.1) is 11.6 Å². The van der Waals surface area contributed by atoms with E-state index in [0.29, 0.717) is 18.9 Å². The molecule has 2 atom stereocenters. The summed E-state index contributed by atoms with van der Waals surface area (Å²) in [5.41, 5.74) is 0.431. The van der Waals surface area contributed by atoms with Crippen molar-refractivity contribution >= 4 is 17.5 Å². The van der Waals surface area contributed by atoms with E-state index in [1.807, 2.05) is 0 Å². The number of H-pyrrole nitrogens is 1. The minimum atomic E-state index is -0.205. The van der Waals surface area contributed by atoms with Gasteiger partial charge >= 0.3 is 0 Å². The van der Waals surface area contributed by atoms with Crippen LogP contribution in [-0.2, 0) is 4.74 Å². The Bertz CT molecular complexity index is 314. The highest BCUT2D eigenvalue weighted by atomic mass is 35.5. The third-order valence-corrected chi connectivity index (χ3v) is 2.50. The smallest absolute Gasteiger partial charge is 0.269 e. The van der Waals surface area contributed by atoms with Crippen LogP contribution in [0.4, 0.5) is 0 Å². The van der Waals surface area contributed by atoms with Gasteiger partial charge in [-0.3, -0.25) is 9.89 Å². The van der Waals surface area contributed by atoms with Crippen LogP contribution < -0.4 is 5.32 Å². The van der Waals surface area contributed by atoms with Gasteiger partial charge in [-0.1, -0.05) is 0 Å². The first kappa shape index (κ1) is 9.48. The molecule has 14 heavy (non-hydrogen) atoms. The summed E-state index contributed by atoms with van der Waals surface area (Å²) in [5, 5.41) is 8.88. The van der Waals surface area contributed by atoms with E-state index in [-0.39, 0.29) is 17.3 Å². The maximum absolute atomic E-state index is 11.5. The maximum Gasteiger partial charge on any atom is 0.269 e. The molecule has 0 aliphatic carbocycles. The molecule has 1 fully saturated rings. The van der Waals surface area contributed by atoms with E-state index in [0.717, 1.165) is 0 Å². The van der Waals surface area contributed by atoms with Crippen molar-refractivity contribution in [2.75, 3.05) is 13.2 Å². The van der Waals surface area contributed by atoms with Gasteiger partial charge in [-0.25, -0.2) is 0 Å². The normalized spacial score (nSPS) is 26.4. The van der Waals surface area contributed by atoms with Crippen molar-refractivity contribution in [3.63, 3.8) is 0 Å². The number of alkyl halides is 1. The summed E-state index contributed by atoms with van der Waals surface area (Å²) in [7, 11) is 0. The molecular formula is C8H10ClN3O2. The second kappa shape index (κ2) is 3.98. The molecule has 1 aromatic heterocycles. The number of halogens is 1. The Kier molecular flexibility index (Phi) is 2.69. The standard InChI is InChI=1S/C8H10ClN3O2/c9-5-3-14-4-7(5)11-8(13)6-1-2-10-12-6/h1-2,5,7H,3-4H2,(H,10,12)(H,11,13). The van der Waals surface area contributed by atoms with Crippen molar-refractivity contribution in [2.24, 2.45) is 0 Å². The lowest BCUT2D eigenvalue weighted by Crippen LogP contribution is -2.40. The lowest BCUT2D eigenvalue weighted by molar-refractivity contribution is 0.0925. The summed E-state index contributed by atoms with van der Waals surface area (Å²) in [6, 6.07) is 1.49. The molecule has 2 rings (SSSR count). The molecule has 1 aromatic rings. The summed E-state index contributed by atoms with van der Waals surface area (Å²) in [5.74, 6) is -0.205. The SMILES string of the molecule is O=C(NC1COCC1Cl)c1ccn[nH]1. The second-order valence-electron chi connectivity index (χ2n) is 3.10. The van der Waals surface area contributed by atoms with Crippen molar-refractivity contribution < 1.29 is 9.53 Å². The summed E-state index contributed by atoms with van der Waals surface area (Å²) in [4.78, 5) is 11.5. The topological polar surface area (TPSA) is 67.0 Å². The first-order valence-corrected chi connectivity index (χ1v) is 4.73. The molecule has 6 heteroatoms. The van der Waals surface area contributed by atoms with Crippen LogP contribution in [0.2, 0.25) is 0 Å². The molecule has 1 aliphatic rings. The minimum absolute atomic E-state index is 0.118. The quantitative estimate of drug-likeness (QED) is 0.690. The van der Waals surface area contributed by atoms with Crippen LogP contribution in [0.3, 0.4) is 0 Å². The predicted octanol–water partition coefficient (Wildman–Crippen LogP) is 0.146. The van der Waals surface area contributed by atoms with Crippen LogP contribution >= 0.6 is 11.6 Å². The second-order valence-corrected chi connectivity index (χ2v) is 3.66. The number of hydrogen-bond donors (Lipinski definition) is 2. The molecule has 0 bridgehead atoms. The molecule has 0 saturated carbocycles. The lowest BCUT2D eigenvalue weighted by Gasteiger charge is -2.12. The third kappa shape index (κ3) is 1.88. The van der Waals surface area contributed by atoms with Gasteiger partial charge in [0.15, 0.2) is 0 Å². The largest absolute Gasteiger partial charge is 0.378 e. The predicted molar refractivity (Wildman–Crippen MR) is 50.3 cm³/mol. The summed E-state index contributed by atoms with van der Waals surface area (Å²) < 4.78 is 5.12. The van der Waals surface area contributed by atoms with E-state index < -0.39 is 0 Å². The Balaban J connectivity index is 1.95. The molecular weight excluding hydrogens is 206 g/mol. The van der Waals surface area contributed by atoms with Gasteiger partial charge in [0.05, 0.1) is 24.6 Å². The fourth-order valence-electron chi connectivity index (χ4n) is 1.29. The van der Waals surface area contributed by atoms with Crippen molar-refractivity contribution in [2.45, 2.75) is 11.4 Å². The molecule has 2 N–H and O–H groups in total. The summed E-state index contributed by atoms with van der Waals surface area (Å²) in [6.45, 7) is 0.948. The number of nitrogens with one attached hydrogen (secondary N) is 2. The molecule has 0 radical (unpaired) electrons. The number of nitrogens with zero attached hydrogens (tertiary/aromatic N) is 1. The Hall–Kier alpha value is -1.07. The number of rotatable bonds is 2. The van der Waals surface area contributed by atoms with Crippen molar-refractivity contribution in [3.8, 4) is 0 Å².